The summed E-state index contributed by atoms with van der Waals surface area (Å²) < 4.78 is 44.6. The van der Waals surface area contributed by atoms with E-state index in [9.17, 15) is 12.8 Å². The maximum atomic E-state index is 13.5. The zero-order valence-corrected chi connectivity index (χ0v) is 11.7. The number of nitriles is 1. The van der Waals surface area contributed by atoms with Crippen LogP contribution in [0.25, 0.3) is 0 Å². The molecule has 1 aromatic heterocycles. The van der Waals surface area contributed by atoms with Gasteiger partial charge in [0.25, 0.3) is 10.0 Å². The van der Waals surface area contributed by atoms with Crippen molar-refractivity contribution in [3.05, 3.63) is 48.0 Å². The van der Waals surface area contributed by atoms with Gasteiger partial charge in [-0.2, -0.15) is 5.26 Å². The normalized spacial score (nSPS) is 10.7. The zero-order chi connectivity index (χ0) is 15.5. The predicted molar refractivity (Wildman–Crippen MR) is 72.7 cm³/mol. The molecule has 0 saturated carbocycles. The van der Waals surface area contributed by atoms with Crippen molar-refractivity contribution in [3.8, 4) is 11.8 Å². The minimum Gasteiger partial charge on any atom is -0.494 e. The Morgan fingerprint density at radius 3 is 2.62 bits per heavy atom. The van der Waals surface area contributed by atoms with E-state index in [0.29, 0.717) is 0 Å². The number of hydrogen-bond acceptors (Lipinski definition) is 5. The minimum absolute atomic E-state index is 0.0120. The van der Waals surface area contributed by atoms with Gasteiger partial charge in [0.15, 0.2) is 11.6 Å². The third-order valence-electron chi connectivity index (χ3n) is 2.57. The number of methoxy groups -OCH3 is 1. The Bertz CT molecular complexity index is 798. The van der Waals surface area contributed by atoms with Crippen molar-refractivity contribution in [1.29, 1.82) is 5.26 Å². The summed E-state index contributed by atoms with van der Waals surface area (Å²) in [5.41, 5.74) is 0.155. The van der Waals surface area contributed by atoms with Crippen LogP contribution in [0.15, 0.2) is 41.4 Å². The molecule has 0 saturated heterocycles. The highest BCUT2D eigenvalue weighted by Crippen LogP contribution is 2.22. The van der Waals surface area contributed by atoms with E-state index < -0.39 is 15.8 Å². The second kappa shape index (κ2) is 5.76. The molecule has 21 heavy (non-hydrogen) atoms. The third kappa shape index (κ3) is 3.27. The van der Waals surface area contributed by atoms with Crippen LogP contribution in [0.4, 0.5) is 10.1 Å². The highest BCUT2D eigenvalue weighted by molar-refractivity contribution is 7.92. The van der Waals surface area contributed by atoms with E-state index in [1.54, 1.807) is 6.07 Å². The SMILES string of the molecule is COc1ccc(NS(=O)(=O)c2ccc(C#N)nc2)cc1F. The fraction of sp³-hybridized carbons (Fsp3) is 0.0769. The van der Waals surface area contributed by atoms with Crippen molar-refractivity contribution >= 4 is 15.7 Å². The van der Waals surface area contributed by atoms with Gasteiger partial charge < -0.3 is 4.74 Å². The van der Waals surface area contributed by atoms with Gasteiger partial charge in [0.05, 0.1) is 12.8 Å². The number of pyridine rings is 1. The van der Waals surface area contributed by atoms with Crippen LogP contribution in [0.2, 0.25) is 0 Å². The first kappa shape index (κ1) is 14.7. The summed E-state index contributed by atoms with van der Waals surface area (Å²) in [7, 11) is -2.59. The fourth-order valence-corrected chi connectivity index (χ4v) is 2.54. The van der Waals surface area contributed by atoms with Crippen LogP contribution in [0.3, 0.4) is 0 Å². The summed E-state index contributed by atoms with van der Waals surface area (Å²) in [5, 5.41) is 8.62. The van der Waals surface area contributed by atoms with Crippen molar-refractivity contribution < 1.29 is 17.5 Å². The maximum absolute atomic E-state index is 13.5. The van der Waals surface area contributed by atoms with E-state index >= 15 is 0 Å². The van der Waals surface area contributed by atoms with E-state index in [1.165, 1.54) is 31.4 Å². The van der Waals surface area contributed by atoms with E-state index in [0.717, 1.165) is 12.3 Å². The molecule has 0 radical (unpaired) electrons. The van der Waals surface area contributed by atoms with Crippen LogP contribution in [0.1, 0.15) is 5.69 Å². The number of nitrogens with one attached hydrogen (secondary N) is 1. The third-order valence-corrected chi connectivity index (χ3v) is 3.93. The molecule has 0 aliphatic heterocycles. The number of nitrogens with zero attached hydrogens (tertiary/aromatic N) is 2. The van der Waals surface area contributed by atoms with E-state index in [4.69, 9.17) is 10.00 Å². The molecule has 1 aromatic carbocycles. The quantitative estimate of drug-likeness (QED) is 0.931. The number of halogens is 1. The number of anilines is 1. The number of hydrogen-bond donors (Lipinski definition) is 1. The van der Waals surface area contributed by atoms with Crippen LogP contribution in [-0.2, 0) is 10.0 Å². The molecule has 0 aliphatic carbocycles. The highest BCUT2D eigenvalue weighted by Gasteiger charge is 2.15. The topological polar surface area (TPSA) is 92.1 Å². The van der Waals surface area contributed by atoms with Crippen LogP contribution < -0.4 is 9.46 Å². The van der Waals surface area contributed by atoms with Crippen molar-refractivity contribution in [2.75, 3.05) is 11.8 Å². The van der Waals surface area contributed by atoms with Crippen molar-refractivity contribution in [2.24, 2.45) is 0 Å². The van der Waals surface area contributed by atoms with E-state index in [-0.39, 0.29) is 22.0 Å². The van der Waals surface area contributed by atoms with Gasteiger partial charge >= 0.3 is 0 Å². The number of sulfonamides is 1. The largest absolute Gasteiger partial charge is 0.494 e. The molecule has 1 heterocycles. The standard InChI is InChI=1S/C13H10FN3O3S/c1-20-13-5-3-9(6-12(13)14)17-21(18,19)11-4-2-10(7-15)16-8-11/h2-6,8,17H,1H3. The van der Waals surface area contributed by atoms with Gasteiger partial charge in [-0.05, 0) is 24.3 Å². The average Bonchev–Trinajstić information content (AvgIpc) is 2.47. The van der Waals surface area contributed by atoms with Gasteiger partial charge in [-0.3, -0.25) is 4.72 Å². The highest BCUT2D eigenvalue weighted by atomic mass is 32.2. The molecular formula is C13H10FN3O3S. The lowest BCUT2D eigenvalue weighted by molar-refractivity contribution is 0.386. The van der Waals surface area contributed by atoms with Crippen LogP contribution >= 0.6 is 0 Å². The molecule has 1 N–H and O–H groups in total. The van der Waals surface area contributed by atoms with Gasteiger partial charge in [-0.1, -0.05) is 0 Å². The summed E-state index contributed by atoms with van der Waals surface area (Å²) in [5.74, 6) is -0.673. The molecule has 2 aromatic rings. The zero-order valence-electron chi connectivity index (χ0n) is 10.9. The number of ether oxygens (including phenoxy) is 1. The lowest BCUT2D eigenvalue weighted by atomic mass is 10.3. The van der Waals surface area contributed by atoms with Gasteiger partial charge in [0, 0.05) is 12.3 Å². The molecule has 0 amide bonds. The number of benzene rings is 1. The van der Waals surface area contributed by atoms with Gasteiger partial charge in [-0.25, -0.2) is 17.8 Å². The monoisotopic (exact) mass is 307 g/mol. The number of rotatable bonds is 4. The smallest absolute Gasteiger partial charge is 0.263 e. The Kier molecular flexibility index (Phi) is 4.05. The minimum atomic E-state index is -3.90. The first-order valence-corrected chi connectivity index (χ1v) is 7.17. The van der Waals surface area contributed by atoms with Crippen molar-refractivity contribution in [3.63, 3.8) is 0 Å². The fourth-order valence-electron chi connectivity index (χ4n) is 1.55. The van der Waals surface area contributed by atoms with E-state index in [1.807, 2.05) is 0 Å². The first-order chi connectivity index (χ1) is 9.96. The van der Waals surface area contributed by atoms with Gasteiger partial charge in [-0.15, -0.1) is 0 Å². The lowest BCUT2D eigenvalue weighted by Crippen LogP contribution is -2.13. The Morgan fingerprint density at radius 2 is 2.10 bits per heavy atom. The molecule has 2 rings (SSSR count). The molecular weight excluding hydrogens is 297 g/mol. The van der Waals surface area contributed by atoms with Gasteiger partial charge in [0.1, 0.15) is 16.7 Å². The Balaban J connectivity index is 2.28. The predicted octanol–water partition coefficient (Wildman–Crippen LogP) is 1.90. The van der Waals surface area contributed by atoms with Crippen molar-refractivity contribution in [2.45, 2.75) is 4.90 Å². The Hall–Kier alpha value is -2.66. The molecule has 0 aliphatic rings. The lowest BCUT2D eigenvalue weighted by Gasteiger charge is -2.09. The molecule has 108 valence electrons. The second-order valence-corrected chi connectivity index (χ2v) is 5.63. The first-order valence-electron chi connectivity index (χ1n) is 5.69. The van der Waals surface area contributed by atoms with Gasteiger partial charge in [0.2, 0.25) is 0 Å². The molecule has 0 spiro atoms. The van der Waals surface area contributed by atoms with Crippen molar-refractivity contribution in [1.82, 2.24) is 4.98 Å². The summed E-state index contributed by atoms with van der Waals surface area (Å²) in [6.07, 6.45) is 1.06. The number of aromatic nitrogens is 1. The molecule has 0 atom stereocenters. The Labute approximate surface area is 120 Å². The summed E-state index contributed by atoms with van der Waals surface area (Å²) in [6, 6.07) is 8.00. The molecule has 0 unspecified atom stereocenters. The van der Waals surface area contributed by atoms with Crippen LogP contribution in [-0.4, -0.2) is 20.5 Å². The molecule has 6 nitrogen and oxygen atoms in total. The summed E-state index contributed by atoms with van der Waals surface area (Å²) in [4.78, 5) is 3.55. The van der Waals surface area contributed by atoms with Crippen LogP contribution in [0, 0.1) is 17.1 Å². The Morgan fingerprint density at radius 1 is 1.33 bits per heavy atom. The summed E-state index contributed by atoms with van der Waals surface area (Å²) in [6.45, 7) is 0. The average molecular weight is 307 g/mol. The molecule has 0 fully saturated rings. The molecule has 0 bridgehead atoms. The summed E-state index contributed by atoms with van der Waals surface area (Å²) >= 11 is 0. The maximum Gasteiger partial charge on any atom is 0.263 e. The van der Waals surface area contributed by atoms with Crippen LogP contribution in [0.5, 0.6) is 5.75 Å². The second-order valence-electron chi connectivity index (χ2n) is 3.95. The molecule has 8 heteroatoms. The van der Waals surface area contributed by atoms with E-state index in [2.05, 4.69) is 9.71 Å².